The van der Waals surface area contributed by atoms with Crippen LogP contribution in [0, 0.1) is 0 Å². The average Bonchev–Trinajstić information content (AvgIpc) is 2.72. The molecule has 1 aromatic rings. The zero-order valence-electron chi connectivity index (χ0n) is 9.43. The first kappa shape index (κ1) is 12.0. The molecule has 0 radical (unpaired) electrons. The minimum atomic E-state index is 0.0630. The van der Waals surface area contributed by atoms with Crippen LogP contribution in [-0.4, -0.2) is 41.0 Å². The fourth-order valence-electron chi connectivity index (χ4n) is 1.36. The van der Waals surface area contributed by atoms with Crippen molar-refractivity contribution in [1.82, 2.24) is 14.8 Å². The first-order valence-electron chi connectivity index (χ1n) is 5.06. The second-order valence-corrected chi connectivity index (χ2v) is 4.01. The van der Waals surface area contributed by atoms with Gasteiger partial charge in [0.25, 0.3) is 0 Å². The highest BCUT2D eigenvalue weighted by Gasteiger charge is 2.15. The second kappa shape index (κ2) is 5.70. The van der Waals surface area contributed by atoms with Crippen LogP contribution in [0.1, 0.15) is 19.5 Å². The van der Waals surface area contributed by atoms with E-state index in [9.17, 15) is 4.79 Å². The lowest BCUT2D eigenvalue weighted by atomic mass is 10.4. The zero-order chi connectivity index (χ0) is 11.3. The van der Waals surface area contributed by atoms with Crippen LogP contribution in [0.15, 0.2) is 10.9 Å². The van der Waals surface area contributed by atoms with Gasteiger partial charge in [-0.3, -0.25) is 0 Å². The lowest BCUT2D eigenvalue weighted by Crippen LogP contribution is -2.40. The summed E-state index contributed by atoms with van der Waals surface area (Å²) < 4.78 is 0. The maximum atomic E-state index is 11.9. The Labute approximate surface area is 94.5 Å². The van der Waals surface area contributed by atoms with Gasteiger partial charge in [-0.25, -0.2) is 9.78 Å². The fraction of sp³-hybridized carbons (Fsp3) is 0.600. The Balaban J connectivity index is 2.53. The topological polar surface area (TPSA) is 36.4 Å². The molecule has 1 aromatic heterocycles. The van der Waals surface area contributed by atoms with Crippen molar-refractivity contribution in [3.63, 3.8) is 0 Å². The van der Waals surface area contributed by atoms with Gasteiger partial charge in [-0.2, -0.15) is 0 Å². The summed E-state index contributed by atoms with van der Waals surface area (Å²) in [5.74, 6) is 0. The Morgan fingerprint density at radius 3 is 2.60 bits per heavy atom. The molecule has 1 heterocycles. The van der Waals surface area contributed by atoms with Gasteiger partial charge in [-0.1, -0.05) is 0 Å². The van der Waals surface area contributed by atoms with Crippen LogP contribution in [0.25, 0.3) is 0 Å². The molecule has 0 N–H and O–H groups in total. The molecule has 0 aliphatic rings. The standard InChI is InChI=1S/C10H17N3OS/c1-4-13(5-2)10(14)12(3)6-9-7-15-8-11-9/h7-8H,4-6H2,1-3H3. The number of carbonyl (C=O) groups excluding carboxylic acids is 1. The van der Waals surface area contributed by atoms with Crippen molar-refractivity contribution < 1.29 is 4.79 Å². The van der Waals surface area contributed by atoms with Crippen molar-refractivity contribution in [2.45, 2.75) is 20.4 Å². The van der Waals surface area contributed by atoms with Crippen LogP contribution < -0.4 is 0 Å². The maximum Gasteiger partial charge on any atom is 0.320 e. The monoisotopic (exact) mass is 227 g/mol. The van der Waals surface area contributed by atoms with Crippen LogP contribution in [0.2, 0.25) is 0 Å². The molecule has 5 heteroatoms. The molecule has 0 fully saturated rings. The van der Waals surface area contributed by atoms with E-state index in [1.165, 1.54) is 0 Å². The van der Waals surface area contributed by atoms with Crippen LogP contribution in [0.5, 0.6) is 0 Å². The van der Waals surface area contributed by atoms with E-state index in [0.29, 0.717) is 6.54 Å². The highest BCUT2D eigenvalue weighted by Crippen LogP contribution is 2.06. The molecule has 0 atom stereocenters. The Bertz CT molecular complexity index is 296. The van der Waals surface area contributed by atoms with Crippen molar-refractivity contribution in [2.75, 3.05) is 20.1 Å². The minimum Gasteiger partial charge on any atom is -0.325 e. The molecule has 0 bridgehead atoms. The van der Waals surface area contributed by atoms with Crippen molar-refractivity contribution in [3.8, 4) is 0 Å². The molecule has 2 amide bonds. The van der Waals surface area contributed by atoms with Gasteiger partial charge in [0.15, 0.2) is 0 Å². The smallest absolute Gasteiger partial charge is 0.320 e. The SMILES string of the molecule is CCN(CC)C(=O)N(C)Cc1cscn1. The summed E-state index contributed by atoms with van der Waals surface area (Å²) in [5.41, 5.74) is 2.73. The summed E-state index contributed by atoms with van der Waals surface area (Å²) in [6.07, 6.45) is 0. The molecule has 1 rings (SSSR count). The lowest BCUT2D eigenvalue weighted by Gasteiger charge is -2.25. The van der Waals surface area contributed by atoms with Gasteiger partial charge in [0, 0.05) is 25.5 Å². The van der Waals surface area contributed by atoms with Gasteiger partial charge >= 0.3 is 6.03 Å². The quantitative estimate of drug-likeness (QED) is 0.789. The number of amides is 2. The van der Waals surface area contributed by atoms with E-state index in [2.05, 4.69) is 4.98 Å². The highest BCUT2D eigenvalue weighted by molar-refractivity contribution is 7.07. The number of nitrogens with zero attached hydrogens (tertiary/aromatic N) is 3. The van der Waals surface area contributed by atoms with Crippen molar-refractivity contribution in [2.24, 2.45) is 0 Å². The number of urea groups is 1. The summed E-state index contributed by atoms with van der Waals surface area (Å²) in [6, 6.07) is 0.0630. The summed E-state index contributed by atoms with van der Waals surface area (Å²) >= 11 is 1.55. The number of carbonyl (C=O) groups is 1. The van der Waals surface area contributed by atoms with E-state index >= 15 is 0 Å². The average molecular weight is 227 g/mol. The van der Waals surface area contributed by atoms with Crippen LogP contribution in [0.4, 0.5) is 4.79 Å². The number of hydrogen-bond donors (Lipinski definition) is 0. The molecule has 15 heavy (non-hydrogen) atoms. The lowest BCUT2D eigenvalue weighted by molar-refractivity contribution is 0.165. The first-order valence-corrected chi connectivity index (χ1v) is 6.00. The van der Waals surface area contributed by atoms with Crippen molar-refractivity contribution >= 4 is 17.4 Å². The van der Waals surface area contributed by atoms with E-state index in [4.69, 9.17) is 0 Å². The number of thiazole rings is 1. The predicted octanol–water partition coefficient (Wildman–Crippen LogP) is 2.04. The molecule has 84 valence electrons. The minimum absolute atomic E-state index is 0.0630. The van der Waals surface area contributed by atoms with E-state index in [1.807, 2.05) is 19.2 Å². The Morgan fingerprint density at radius 2 is 2.13 bits per heavy atom. The molecule has 0 spiro atoms. The highest BCUT2D eigenvalue weighted by atomic mass is 32.1. The molecule has 0 unspecified atom stereocenters. The molecular weight excluding hydrogens is 210 g/mol. The molecular formula is C10H17N3OS. The summed E-state index contributed by atoms with van der Waals surface area (Å²) in [7, 11) is 1.81. The number of hydrogen-bond acceptors (Lipinski definition) is 3. The van der Waals surface area contributed by atoms with Gasteiger partial charge in [0.2, 0.25) is 0 Å². The summed E-state index contributed by atoms with van der Waals surface area (Å²) in [4.78, 5) is 19.5. The third kappa shape index (κ3) is 3.20. The molecule has 0 aromatic carbocycles. The van der Waals surface area contributed by atoms with Crippen LogP contribution in [-0.2, 0) is 6.54 Å². The first-order chi connectivity index (χ1) is 7.19. The summed E-state index contributed by atoms with van der Waals surface area (Å²) in [6.45, 7) is 6.04. The van der Waals surface area contributed by atoms with Crippen molar-refractivity contribution in [3.05, 3.63) is 16.6 Å². The Hall–Kier alpha value is -1.10. The van der Waals surface area contributed by atoms with Gasteiger partial charge in [0.05, 0.1) is 17.7 Å². The van der Waals surface area contributed by atoms with Gasteiger partial charge < -0.3 is 9.80 Å². The second-order valence-electron chi connectivity index (χ2n) is 3.29. The van der Waals surface area contributed by atoms with Crippen LogP contribution >= 0.6 is 11.3 Å². The predicted molar refractivity (Wildman–Crippen MR) is 61.9 cm³/mol. The zero-order valence-corrected chi connectivity index (χ0v) is 10.3. The molecule has 0 saturated heterocycles. The Morgan fingerprint density at radius 1 is 1.47 bits per heavy atom. The van der Waals surface area contributed by atoms with Gasteiger partial charge in [0.1, 0.15) is 0 Å². The third-order valence-electron chi connectivity index (χ3n) is 2.24. The fourth-order valence-corrected chi connectivity index (χ4v) is 1.91. The number of rotatable bonds is 4. The molecule has 0 saturated carbocycles. The Kier molecular flexibility index (Phi) is 4.55. The van der Waals surface area contributed by atoms with Gasteiger partial charge in [-0.05, 0) is 13.8 Å². The van der Waals surface area contributed by atoms with E-state index in [-0.39, 0.29) is 6.03 Å². The number of aromatic nitrogens is 1. The third-order valence-corrected chi connectivity index (χ3v) is 2.88. The molecule has 0 aliphatic heterocycles. The molecule has 4 nitrogen and oxygen atoms in total. The van der Waals surface area contributed by atoms with Crippen molar-refractivity contribution in [1.29, 1.82) is 0 Å². The van der Waals surface area contributed by atoms with Crippen LogP contribution in [0.3, 0.4) is 0 Å². The molecule has 0 aliphatic carbocycles. The van der Waals surface area contributed by atoms with E-state index in [0.717, 1.165) is 18.8 Å². The van der Waals surface area contributed by atoms with Gasteiger partial charge in [-0.15, -0.1) is 11.3 Å². The normalized spacial score (nSPS) is 10.1. The summed E-state index contributed by atoms with van der Waals surface area (Å²) in [5, 5.41) is 1.96. The van der Waals surface area contributed by atoms with E-state index in [1.54, 1.807) is 33.7 Å². The van der Waals surface area contributed by atoms with E-state index < -0.39 is 0 Å². The maximum absolute atomic E-state index is 11.9. The largest absolute Gasteiger partial charge is 0.325 e.